The van der Waals surface area contributed by atoms with Gasteiger partial charge in [0.05, 0.1) is 18.1 Å². The van der Waals surface area contributed by atoms with Crippen LogP contribution in [0.3, 0.4) is 0 Å². The monoisotopic (exact) mass is 337 g/mol. The molecule has 5 nitrogen and oxygen atoms in total. The Kier molecular flexibility index (Phi) is 5.49. The molecule has 1 amide bonds. The van der Waals surface area contributed by atoms with Crippen LogP contribution in [0.2, 0.25) is 0 Å². The Bertz CT molecular complexity index is 577. The van der Waals surface area contributed by atoms with E-state index >= 15 is 0 Å². The van der Waals surface area contributed by atoms with Crippen LogP contribution in [-0.4, -0.2) is 39.0 Å². The molecule has 23 heavy (non-hydrogen) atoms. The van der Waals surface area contributed by atoms with Crippen LogP contribution in [0.4, 0.5) is 0 Å². The fourth-order valence-electron chi connectivity index (χ4n) is 2.84. The molecule has 0 spiro atoms. The van der Waals surface area contributed by atoms with Gasteiger partial charge in [-0.05, 0) is 11.5 Å². The molecule has 1 aromatic rings. The molecule has 1 aromatic carbocycles. The first kappa shape index (κ1) is 18.0. The van der Waals surface area contributed by atoms with Crippen molar-refractivity contribution in [3.8, 4) is 0 Å². The first-order chi connectivity index (χ1) is 10.8. The first-order valence-corrected chi connectivity index (χ1v) is 8.68. The number of hydrogen-bond donors (Lipinski definition) is 3. The van der Waals surface area contributed by atoms with E-state index in [2.05, 4.69) is 5.32 Å². The zero-order valence-corrected chi connectivity index (χ0v) is 14.3. The molecule has 0 aromatic heterocycles. The largest absolute Gasteiger partial charge is 0.390 e. The summed E-state index contributed by atoms with van der Waals surface area (Å²) in [5.74, 6) is -1.00. The number of benzene rings is 1. The lowest BCUT2D eigenvalue weighted by Gasteiger charge is -2.37. The molecular formula is C17H23NO4S. The van der Waals surface area contributed by atoms with Gasteiger partial charge in [0.2, 0.25) is 11.0 Å². The number of nitrogens with one attached hydrogen (secondary N) is 1. The predicted octanol–water partition coefficient (Wildman–Crippen LogP) is 1.33. The van der Waals surface area contributed by atoms with E-state index in [4.69, 9.17) is 0 Å². The summed E-state index contributed by atoms with van der Waals surface area (Å²) in [4.78, 5) is 24.8. The highest BCUT2D eigenvalue weighted by molar-refractivity contribution is 8.13. The molecule has 3 N–H and O–H groups in total. The maximum Gasteiger partial charge on any atom is 0.226 e. The number of rotatable bonds is 5. The third-order valence-electron chi connectivity index (χ3n) is 4.33. The van der Waals surface area contributed by atoms with Gasteiger partial charge in [0.1, 0.15) is 0 Å². The molecule has 0 bridgehead atoms. The molecule has 4 atom stereocenters. The Hall–Kier alpha value is -1.37. The summed E-state index contributed by atoms with van der Waals surface area (Å²) >= 11 is 1.01. The Morgan fingerprint density at radius 3 is 2.43 bits per heavy atom. The highest BCUT2D eigenvalue weighted by Crippen LogP contribution is 2.36. The topological polar surface area (TPSA) is 86.6 Å². The van der Waals surface area contributed by atoms with Crippen molar-refractivity contribution in [2.45, 2.75) is 44.3 Å². The molecule has 0 aliphatic carbocycles. The van der Waals surface area contributed by atoms with Crippen molar-refractivity contribution in [3.63, 3.8) is 0 Å². The van der Waals surface area contributed by atoms with Crippen LogP contribution in [0.25, 0.3) is 0 Å². The van der Waals surface area contributed by atoms with Gasteiger partial charge in [-0.1, -0.05) is 62.9 Å². The average Bonchev–Trinajstić information content (AvgIpc) is 2.78. The predicted molar refractivity (Wildman–Crippen MR) is 89.6 cm³/mol. The standard InChI is InChI=1S/C17H23NO4S/c1-10(2)13(19)17(14(20)11(3)15(21)18-17)16(22)23-9-12-7-5-4-6-8-12/h4-8,10-11,13-14,19-20H,9H2,1-3H3,(H,18,21)/t11-,13+,14+,17-/m1/s1. The van der Waals surface area contributed by atoms with Crippen molar-refractivity contribution in [2.24, 2.45) is 11.8 Å². The minimum Gasteiger partial charge on any atom is -0.390 e. The summed E-state index contributed by atoms with van der Waals surface area (Å²) in [7, 11) is 0. The van der Waals surface area contributed by atoms with Crippen LogP contribution in [0.15, 0.2) is 30.3 Å². The van der Waals surface area contributed by atoms with E-state index in [0.29, 0.717) is 5.75 Å². The molecule has 0 radical (unpaired) electrons. The maximum atomic E-state index is 12.8. The van der Waals surface area contributed by atoms with Gasteiger partial charge in [0, 0.05) is 5.75 Å². The highest BCUT2D eigenvalue weighted by atomic mass is 32.2. The number of aliphatic hydroxyl groups is 2. The summed E-state index contributed by atoms with van der Waals surface area (Å²) in [5, 5.41) is 23.2. The van der Waals surface area contributed by atoms with Crippen LogP contribution >= 0.6 is 11.8 Å². The maximum absolute atomic E-state index is 12.8. The second-order valence-corrected chi connectivity index (χ2v) is 7.29. The first-order valence-electron chi connectivity index (χ1n) is 7.70. The molecule has 126 valence electrons. The van der Waals surface area contributed by atoms with E-state index in [-0.39, 0.29) is 5.92 Å². The summed E-state index contributed by atoms with van der Waals surface area (Å²) in [6, 6.07) is 9.46. The fourth-order valence-corrected chi connectivity index (χ4v) is 3.86. The van der Waals surface area contributed by atoms with Crippen molar-refractivity contribution in [1.82, 2.24) is 5.32 Å². The average molecular weight is 337 g/mol. The van der Waals surface area contributed by atoms with Gasteiger partial charge < -0.3 is 15.5 Å². The molecule has 1 aliphatic rings. The van der Waals surface area contributed by atoms with E-state index in [1.807, 2.05) is 30.3 Å². The van der Waals surface area contributed by atoms with Crippen LogP contribution in [0, 0.1) is 11.8 Å². The molecule has 1 saturated heterocycles. The lowest BCUT2D eigenvalue weighted by atomic mass is 9.81. The van der Waals surface area contributed by atoms with Crippen molar-refractivity contribution in [2.75, 3.05) is 0 Å². The van der Waals surface area contributed by atoms with Crippen LogP contribution < -0.4 is 5.32 Å². The Labute approximate surface area is 140 Å². The number of thioether (sulfide) groups is 1. The number of hydrogen-bond acceptors (Lipinski definition) is 5. The third kappa shape index (κ3) is 3.29. The van der Waals surface area contributed by atoms with Crippen LogP contribution in [-0.2, 0) is 15.3 Å². The van der Waals surface area contributed by atoms with Gasteiger partial charge in [-0.2, -0.15) is 0 Å². The molecular weight excluding hydrogens is 314 g/mol. The van der Waals surface area contributed by atoms with E-state index < -0.39 is 34.7 Å². The molecule has 0 saturated carbocycles. The zero-order chi connectivity index (χ0) is 17.2. The second kappa shape index (κ2) is 7.03. The van der Waals surface area contributed by atoms with Gasteiger partial charge in [-0.3, -0.25) is 9.59 Å². The van der Waals surface area contributed by atoms with Gasteiger partial charge in [0.15, 0.2) is 5.54 Å². The number of aliphatic hydroxyl groups excluding tert-OH is 2. The minimum atomic E-state index is -1.65. The minimum absolute atomic E-state index is 0.281. The van der Waals surface area contributed by atoms with Crippen LogP contribution in [0.5, 0.6) is 0 Å². The van der Waals surface area contributed by atoms with Gasteiger partial charge in [0.25, 0.3) is 0 Å². The van der Waals surface area contributed by atoms with E-state index in [1.165, 1.54) is 0 Å². The summed E-state index contributed by atoms with van der Waals surface area (Å²) in [5.41, 5.74) is -0.684. The fraction of sp³-hybridized carbons (Fsp3) is 0.529. The Morgan fingerprint density at radius 1 is 1.35 bits per heavy atom. The summed E-state index contributed by atoms with van der Waals surface area (Å²) < 4.78 is 0. The molecule has 1 heterocycles. The van der Waals surface area contributed by atoms with Gasteiger partial charge in [-0.15, -0.1) is 0 Å². The number of amides is 1. The van der Waals surface area contributed by atoms with E-state index in [1.54, 1.807) is 20.8 Å². The normalized spacial score (nSPS) is 28.7. The lowest BCUT2D eigenvalue weighted by Crippen LogP contribution is -2.64. The molecule has 0 unspecified atom stereocenters. The SMILES string of the molecule is CC(C)[C@H](O)[C@@]1(C(=O)SCc2ccccc2)NC(=O)[C@H](C)[C@@H]1O. The van der Waals surface area contributed by atoms with Crippen molar-refractivity contribution in [1.29, 1.82) is 0 Å². The zero-order valence-electron chi connectivity index (χ0n) is 13.5. The highest BCUT2D eigenvalue weighted by Gasteiger charge is 2.60. The number of carbonyl (C=O) groups excluding carboxylic acids is 2. The van der Waals surface area contributed by atoms with Gasteiger partial charge in [-0.25, -0.2) is 0 Å². The smallest absolute Gasteiger partial charge is 0.226 e. The quantitative estimate of drug-likeness (QED) is 0.755. The van der Waals surface area contributed by atoms with E-state index in [0.717, 1.165) is 17.3 Å². The molecule has 6 heteroatoms. The molecule has 1 aliphatic heterocycles. The third-order valence-corrected chi connectivity index (χ3v) is 5.41. The van der Waals surface area contributed by atoms with Crippen LogP contribution in [0.1, 0.15) is 26.3 Å². The van der Waals surface area contributed by atoms with Crippen molar-refractivity contribution >= 4 is 22.8 Å². The van der Waals surface area contributed by atoms with Crippen molar-refractivity contribution in [3.05, 3.63) is 35.9 Å². The lowest BCUT2D eigenvalue weighted by molar-refractivity contribution is -0.131. The molecule has 1 fully saturated rings. The van der Waals surface area contributed by atoms with Gasteiger partial charge >= 0.3 is 0 Å². The Balaban J connectivity index is 2.24. The summed E-state index contributed by atoms with van der Waals surface area (Å²) in [6.45, 7) is 5.07. The van der Waals surface area contributed by atoms with Crippen molar-refractivity contribution < 1.29 is 19.8 Å². The number of carbonyl (C=O) groups is 2. The Morgan fingerprint density at radius 2 is 1.96 bits per heavy atom. The van der Waals surface area contributed by atoms with E-state index in [9.17, 15) is 19.8 Å². The summed E-state index contributed by atoms with van der Waals surface area (Å²) in [6.07, 6.45) is -2.40. The second-order valence-electron chi connectivity index (χ2n) is 6.34. The molecule has 2 rings (SSSR count).